The van der Waals surface area contributed by atoms with Gasteiger partial charge in [0.25, 0.3) is 0 Å². The molecule has 0 saturated carbocycles. The van der Waals surface area contributed by atoms with Crippen molar-refractivity contribution in [3.63, 3.8) is 0 Å². The third kappa shape index (κ3) is 4.43. The molecule has 0 amide bonds. The van der Waals surface area contributed by atoms with Crippen molar-refractivity contribution in [2.45, 2.75) is 45.6 Å². The third-order valence-corrected chi connectivity index (χ3v) is 2.51. The van der Waals surface area contributed by atoms with E-state index in [0.717, 1.165) is 24.8 Å². The molecule has 1 aromatic carbocycles. The van der Waals surface area contributed by atoms with E-state index in [2.05, 4.69) is 0 Å². The van der Waals surface area contributed by atoms with Gasteiger partial charge in [-0.15, -0.1) is 0 Å². The summed E-state index contributed by atoms with van der Waals surface area (Å²) in [7, 11) is 0. The molecule has 0 saturated heterocycles. The molecule has 0 fully saturated rings. The predicted octanol–water partition coefficient (Wildman–Crippen LogP) is 3.19. The average Bonchev–Trinajstić information content (AvgIpc) is 2.09. The van der Waals surface area contributed by atoms with Crippen LogP contribution < -0.4 is 5.73 Å². The fourth-order valence-electron chi connectivity index (χ4n) is 1.61. The fourth-order valence-corrected chi connectivity index (χ4v) is 1.61. The molecule has 0 heterocycles. The SMILES string of the molecule is Cc1cc(CCCC(C)(C)N)ccc1F. The van der Waals surface area contributed by atoms with Gasteiger partial charge in [-0.25, -0.2) is 4.39 Å². The van der Waals surface area contributed by atoms with Gasteiger partial charge in [-0.05, 0) is 57.2 Å². The van der Waals surface area contributed by atoms with Gasteiger partial charge in [0.15, 0.2) is 0 Å². The summed E-state index contributed by atoms with van der Waals surface area (Å²) in [5.74, 6) is -0.127. The number of halogens is 1. The van der Waals surface area contributed by atoms with Crippen LogP contribution in [-0.2, 0) is 6.42 Å². The lowest BCUT2D eigenvalue weighted by Gasteiger charge is -2.17. The van der Waals surface area contributed by atoms with Crippen molar-refractivity contribution in [3.05, 3.63) is 35.1 Å². The summed E-state index contributed by atoms with van der Waals surface area (Å²) in [6.45, 7) is 5.86. The topological polar surface area (TPSA) is 26.0 Å². The normalized spacial score (nSPS) is 11.8. The molecule has 1 rings (SSSR count). The van der Waals surface area contributed by atoms with Gasteiger partial charge >= 0.3 is 0 Å². The highest BCUT2D eigenvalue weighted by Gasteiger charge is 2.09. The molecule has 1 aromatic rings. The van der Waals surface area contributed by atoms with Crippen LogP contribution in [0.25, 0.3) is 0 Å². The zero-order valence-corrected chi connectivity index (χ0v) is 9.81. The van der Waals surface area contributed by atoms with E-state index in [9.17, 15) is 4.39 Å². The van der Waals surface area contributed by atoms with Gasteiger partial charge in [0.2, 0.25) is 0 Å². The molecule has 2 heteroatoms. The molecule has 1 nitrogen and oxygen atoms in total. The van der Waals surface area contributed by atoms with E-state index in [-0.39, 0.29) is 11.4 Å². The summed E-state index contributed by atoms with van der Waals surface area (Å²) in [6.07, 6.45) is 3.01. The first-order valence-corrected chi connectivity index (χ1v) is 5.42. The van der Waals surface area contributed by atoms with Gasteiger partial charge in [-0.3, -0.25) is 0 Å². The smallest absolute Gasteiger partial charge is 0.126 e. The predicted molar refractivity (Wildman–Crippen MR) is 62.3 cm³/mol. The largest absolute Gasteiger partial charge is 0.326 e. The minimum atomic E-state index is -0.127. The second-order valence-corrected chi connectivity index (χ2v) is 4.93. The first kappa shape index (κ1) is 12.2. The summed E-state index contributed by atoms with van der Waals surface area (Å²) in [4.78, 5) is 0. The van der Waals surface area contributed by atoms with E-state index >= 15 is 0 Å². The van der Waals surface area contributed by atoms with Gasteiger partial charge in [0, 0.05) is 5.54 Å². The number of hydrogen-bond acceptors (Lipinski definition) is 1. The minimum Gasteiger partial charge on any atom is -0.326 e. The maximum Gasteiger partial charge on any atom is 0.126 e. The molecular weight excluding hydrogens is 189 g/mol. The number of nitrogens with two attached hydrogens (primary N) is 1. The fraction of sp³-hybridized carbons (Fsp3) is 0.538. The van der Waals surface area contributed by atoms with Gasteiger partial charge in [0.1, 0.15) is 5.82 Å². The number of hydrogen-bond donors (Lipinski definition) is 1. The molecule has 0 aliphatic carbocycles. The number of rotatable bonds is 4. The third-order valence-electron chi connectivity index (χ3n) is 2.51. The van der Waals surface area contributed by atoms with E-state index in [1.165, 1.54) is 11.6 Å². The van der Waals surface area contributed by atoms with Gasteiger partial charge < -0.3 is 5.73 Å². The van der Waals surface area contributed by atoms with Crippen molar-refractivity contribution in [2.24, 2.45) is 5.73 Å². The van der Waals surface area contributed by atoms with Gasteiger partial charge in [0.05, 0.1) is 0 Å². The molecule has 0 unspecified atom stereocenters. The molecule has 15 heavy (non-hydrogen) atoms. The summed E-state index contributed by atoms with van der Waals surface area (Å²) in [6, 6.07) is 5.31. The second kappa shape index (κ2) is 4.75. The van der Waals surface area contributed by atoms with Crippen molar-refractivity contribution in [2.75, 3.05) is 0 Å². The highest BCUT2D eigenvalue weighted by molar-refractivity contribution is 5.23. The maximum atomic E-state index is 13.0. The molecular formula is C13H20FN. The number of benzene rings is 1. The van der Waals surface area contributed by atoms with Crippen molar-refractivity contribution < 1.29 is 4.39 Å². The quantitative estimate of drug-likeness (QED) is 0.809. The molecule has 0 aliphatic heterocycles. The lowest BCUT2D eigenvalue weighted by Crippen LogP contribution is -2.31. The lowest BCUT2D eigenvalue weighted by atomic mass is 9.96. The Morgan fingerprint density at radius 2 is 2.00 bits per heavy atom. The van der Waals surface area contributed by atoms with Crippen molar-refractivity contribution >= 4 is 0 Å². The molecule has 2 N–H and O–H groups in total. The summed E-state index contributed by atoms with van der Waals surface area (Å²) in [5, 5.41) is 0. The first-order chi connectivity index (χ1) is 6.88. The zero-order chi connectivity index (χ0) is 11.5. The Hall–Kier alpha value is -0.890. The van der Waals surface area contributed by atoms with Crippen LogP contribution in [0.4, 0.5) is 4.39 Å². The Kier molecular flexibility index (Phi) is 3.86. The van der Waals surface area contributed by atoms with E-state index in [4.69, 9.17) is 5.73 Å². The van der Waals surface area contributed by atoms with Crippen molar-refractivity contribution in [3.8, 4) is 0 Å². The van der Waals surface area contributed by atoms with Crippen LogP contribution in [0.5, 0.6) is 0 Å². The molecule has 84 valence electrons. The Morgan fingerprint density at radius 1 is 1.33 bits per heavy atom. The molecule has 0 aromatic heterocycles. The van der Waals surface area contributed by atoms with Gasteiger partial charge in [-0.2, -0.15) is 0 Å². The maximum absolute atomic E-state index is 13.0. The zero-order valence-electron chi connectivity index (χ0n) is 9.81. The molecule has 0 spiro atoms. The van der Waals surface area contributed by atoms with E-state index < -0.39 is 0 Å². The van der Waals surface area contributed by atoms with Crippen molar-refractivity contribution in [1.82, 2.24) is 0 Å². The lowest BCUT2D eigenvalue weighted by molar-refractivity contribution is 0.459. The Bertz CT molecular complexity index is 326. The highest BCUT2D eigenvalue weighted by atomic mass is 19.1. The Balaban J connectivity index is 2.48. The average molecular weight is 209 g/mol. The van der Waals surface area contributed by atoms with E-state index in [1.54, 1.807) is 6.92 Å². The summed E-state index contributed by atoms with van der Waals surface area (Å²) >= 11 is 0. The van der Waals surface area contributed by atoms with Crippen LogP contribution >= 0.6 is 0 Å². The first-order valence-electron chi connectivity index (χ1n) is 5.42. The monoisotopic (exact) mass is 209 g/mol. The molecule has 0 radical (unpaired) electrons. The van der Waals surface area contributed by atoms with Crippen LogP contribution in [0.15, 0.2) is 18.2 Å². The molecule has 0 bridgehead atoms. The minimum absolute atomic E-state index is 0.102. The summed E-state index contributed by atoms with van der Waals surface area (Å²) < 4.78 is 13.0. The Labute approximate surface area is 91.5 Å². The van der Waals surface area contributed by atoms with Crippen molar-refractivity contribution in [1.29, 1.82) is 0 Å². The van der Waals surface area contributed by atoms with E-state index in [0.29, 0.717) is 0 Å². The van der Waals surface area contributed by atoms with Crippen LogP contribution in [0.3, 0.4) is 0 Å². The van der Waals surface area contributed by atoms with Crippen LogP contribution in [0.2, 0.25) is 0 Å². The Morgan fingerprint density at radius 3 is 2.53 bits per heavy atom. The van der Waals surface area contributed by atoms with Crippen LogP contribution in [0.1, 0.15) is 37.8 Å². The highest BCUT2D eigenvalue weighted by Crippen LogP contribution is 2.14. The standard InChI is InChI=1S/C13H20FN/c1-10-9-11(6-7-12(10)14)5-4-8-13(2,3)15/h6-7,9H,4-5,8,15H2,1-3H3. The van der Waals surface area contributed by atoms with Crippen LogP contribution in [-0.4, -0.2) is 5.54 Å². The van der Waals surface area contributed by atoms with Crippen LogP contribution in [0, 0.1) is 12.7 Å². The van der Waals surface area contributed by atoms with Gasteiger partial charge in [-0.1, -0.05) is 12.1 Å². The molecule has 0 atom stereocenters. The summed E-state index contributed by atoms with van der Waals surface area (Å²) in [5.41, 5.74) is 7.71. The van der Waals surface area contributed by atoms with E-state index in [1.807, 2.05) is 26.0 Å². The molecule has 0 aliphatic rings. The number of aryl methyl sites for hydroxylation is 2. The second-order valence-electron chi connectivity index (χ2n) is 4.93.